The van der Waals surface area contributed by atoms with Gasteiger partial charge in [-0.05, 0) is 25.2 Å². The van der Waals surface area contributed by atoms with E-state index in [1.807, 2.05) is 27.7 Å². The van der Waals surface area contributed by atoms with Gasteiger partial charge in [-0.15, -0.1) is 0 Å². The molecule has 0 aromatic rings. The van der Waals surface area contributed by atoms with Gasteiger partial charge in [-0.3, -0.25) is 19.7 Å². The lowest BCUT2D eigenvalue weighted by Crippen LogP contribution is -2.54. The number of carbonyl (C=O) groups excluding carboxylic acids is 3. The molecule has 7 heteroatoms. The Kier molecular flexibility index (Phi) is 10.2. The van der Waals surface area contributed by atoms with E-state index in [1.54, 1.807) is 6.92 Å². The molecule has 7 nitrogen and oxygen atoms in total. The van der Waals surface area contributed by atoms with E-state index >= 15 is 0 Å². The number of hydrogen-bond donors (Lipinski definition) is 2. The van der Waals surface area contributed by atoms with Gasteiger partial charge >= 0.3 is 11.9 Å². The van der Waals surface area contributed by atoms with Crippen LogP contribution in [-0.2, 0) is 23.9 Å². The van der Waals surface area contributed by atoms with E-state index in [1.165, 1.54) is 7.11 Å². The summed E-state index contributed by atoms with van der Waals surface area (Å²) in [6, 6.07) is -1.17. The average Bonchev–Trinajstić information content (AvgIpc) is 2.47. The second-order valence-electron chi connectivity index (χ2n) is 6.12. The van der Waals surface area contributed by atoms with E-state index in [0.29, 0.717) is 6.42 Å². The van der Waals surface area contributed by atoms with Gasteiger partial charge in [-0.1, -0.05) is 27.7 Å². The highest BCUT2D eigenvalue weighted by Crippen LogP contribution is 2.10. The van der Waals surface area contributed by atoms with Crippen LogP contribution in [0.4, 0.5) is 0 Å². The minimum atomic E-state index is -0.604. The van der Waals surface area contributed by atoms with Crippen molar-refractivity contribution in [2.24, 2.45) is 11.8 Å². The predicted octanol–water partition coefficient (Wildman–Crippen LogP) is 0.868. The predicted molar refractivity (Wildman–Crippen MR) is 86.7 cm³/mol. The highest BCUT2D eigenvalue weighted by atomic mass is 16.5. The van der Waals surface area contributed by atoms with Crippen LogP contribution in [0.25, 0.3) is 0 Å². The van der Waals surface area contributed by atoms with E-state index in [9.17, 15) is 14.4 Å². The lowest BCUT2D eigenvalue weighted by Gasteiger charge is -2.27. The summed E-state index contributed by atoms with van der Waals surface area (Å²) in [6.45, 7) is 9.48. The third-order valence-corrected chi connectivity index (χ3v) is 3.23. The van der Waals surface area contributed by atoms with Gasteiger partial charge in [0.15, 0.2) is 0 Å². The number of hydrogen-bond acceptors (Lipinski definition) is 6. The van der Waals surface area contributed by atoms with Crippen molar-refractivity contribution in [2.45, 2.75) is 53.1 Å². The Morgan fingerprint density at radius 2 is 1.70 bits per heavy atom. The topological polar surface area (TPSA) is 93.7 Å². The molecule has 2 atom stereocenters. The molecule has 0 radical (unpaired) electrons. The summed E-state index contributed by atoms with van der Waals surface area (Å²) < 4.78 is 9.57. The molecule has 0 spiro atoms. The molecule has 0 aliphatic heterocycles. The van der Waals surface area contributed by atoms with E-state index in [4.69, 9.17) is 9.47 Å². The molecule has 0 saturated heterocycles. The van der Waals surface area contributed by atoms with Crippen molar-refractivity contribution in [1.82, 2.24) is 10.6 Å². The van der Waals surface area contributed by atoms with Gasteiger partial charge in [0.25, 0.3) is 0 Å². The zero-order chi connectivity index (χ0) is 18.0. The number of ether oxygens (including phenoxy) is 2. The highest BCUT2D eigenvalue weighted by molar-refractivity contribution is 5.86. The number of rotatable bonds is 10. The summed E-state index contributed by atoms with van der Waals surface area (Å²) in [6.07, 6.45) is 0.557. The van der Waals surface area contributed by atoms with Crippen LogP contribution in [0.2, 0.25) is 0 Å². The number of amides is 1. The quantitative estimate of drug-likeness (QED) is 0.577. The van der Waals surface area contributed by atoms with Crippen LogP contribution in [0.15, 0.2) is 0 Å². The van der Waals surface area contributed by atoms with Crippen molar-refractivity contribution in [1.29, 1.82) is 0 Å². The molecule has 0 aromatic heterocycles. The number of nitrogens with one attached hydrogen (secondary N) is 2. The maximum Gasteiger partial charge on any atom is 0.325 e. The SMILES string of the molecule is CCOC(=O)CNC(=O)[C@H](N[C@@H](CC(C)C)C(=O)OC)C(C)C. The molecule has 0 unspecified atom stereocenters. The minimum Gasteiger partial charge on any atom is -0.468 e. The van der Waals surface area contributed by atoms with Gasteiger partial charge in [0, 0.05) is 0 Å². The van der Waals surface area contributed by atoms with Crippen LogP contribution in [0, 0.1) is 11.8 Å². The molecule has 0 fully saturated rings. The Balaban J connectivity index is 4.83. The zero-order valence-corrected chi connectivity index (χ0v) is 15.0. The Morgan fingerprint density at radius 3 is 2.13 bits per heavy atom. The number of methoxy groups -OCH3 is 1. The smallest absolute Gasteiger partial charge is 0.325 e. The first-order valence-corrected chi connectivity index (χ1v) is 8.00. The Bertz CT molecular complexity index is 396. The van der Waals surface area contributed by atoms with Crippen molar-refractivity contribution in [2.75, 3.05) is 20.3 Å². The standard InChI is InChI=1S/C16H30N2O5/c1-7-23-13(19)9-17-15(20)14(11(4)5)18-12(8-10(2)3)16(21)22-6/h10-12,14,18H,7-9H2,1-6H3,(H,17,20)/t12-,14+/m0/s1. The summed E-state index contributed by atoms with van der Waals surface area (Å²) in [5.74, 6) is -1.03. The second-order valence-corrected chi connectivity index (χ2v) is 6.12. The van der Waals surface area contributed by atoms with Crippen molar-refractivity contribution < 1.29 is 23.9 Å². The molecule has 2 N–H and O–H groups in total. The molecule has 134 valence electrons. The largest absolute Gasteiger partial charge is 0.468 e. The fourth-order valence-electron chi connectivity index (χ4n) is 2.11. The normalized spacial score (nSPS) is 13.6. The fourth-order valence-corrected chi connectivity index (χ4v) is 2.11. The maximum atomic E-state index is 12.3. The molecule has 0 rings (SSSR count). The van der Waals surface area contributed by atoms with Crippen LogP contribution in [0.1, 0.15) is 41.0 Å². The summed E-state index contributed by atoms with van der Waals surface area (Å²) in [5.41, 5.74) is 0. The molecular formula is C16H30N2O5. The molecule has 0 saturated carbocycles. The van der Waals surface area contributed by atoms with Crippen molar-refractivity contribution >= 4 is 17.8 Å². The second kappa shape index (κ2) is 11.0. The van der Waals surface area contributed by atoms with Crippen molar-refractivity contribution in [3.05, 3.63) is 0 Å². The summed E-state index contributed by atoms with van der Waals surface area (Å²) in [7, 11) is 1.32. The molecule has 0 aromatic carbocycles. The lowest BCUT2D eigenvalue weighted by atomic mass is 9.98. The molecule has 0 heterocycles. The van der Waals surface area contributed by atoms with Crippen LogP contribution in [0.3, 0.4) is 0 Å². The Morgan fingerprint density at radius 1 is 1.09 bits per heavy atom. The van der Waals surface area contributed by atoms with E-state index in [2.05, 4.69) is 10.6 Å². The zero-order valence-electron chi connectivity index (χ0n) is 15.0. The highest BCUT2D eigenvalue weighted by Gasteiger charge is 2.29. The average molecular weight is 330 g/mol. The fraction of sp³-hybridized carbons (Fsp3) is 0.812. The van der Waals surface area contributed by atoms with Gasteiger partial charge in [0.1, 0.15) is 12.6 Å². The van der Waals surface area contributed by atoms with Crippen molar-refractivity contribution in [3.63, 3.8) is 0 Å². The van der Waals surface area contributed by atoms with E-state index in [-0.39, 0.29) is 30.9 Å². The minimum absolute atomic E-state index is 0.0588. The van der Waals surface area contributed by atoms with Crippen LogP contribution < -0.4 is 10.6 Å². The third-order valence-electron chi connectivity index (χ3n) is 3.23. The molecule has 23 heavy (non-hydrogen) atoms. The molecule has 0 aliphatic rings. The van der Waals surface area contributed by atoms with E-state index < -0.39 is 24.0 Å². The lowest BCUT2D eigenvalue weighted by molar-refractivity contribution is -0.145. The molecule has 0 bridgehead atoms. The van der Waals surface area contributed by atoms with Gasteiger partial charge in [-0.25, -0.2) is 0 Å². The van der Waals surface area contributed by atoms with Gasteiger partial charge in [0.2, 0.25) is 5.91 Å². The molecular weight excluding hydrogens is 300 g/mol. The first-order chi connectivity index (χ1) is 10.7. The number of carbonyl (C=O) groups is 3. The molecule has 1 amide bonds. The van der Waals surface area contributed by atoms with Crippen molar-refractivity contribution in [3.8, 4) is 0 Å². The monoisotopic (exact) mass is 330 g/mol. The molecule has 0 aliphatic carbocycles. The van der Waals surface area contributed by atoms with Crippen LogP contribution >= 0.6 is 0 Å². The summed E-state index contributed by atoms with van der Waals surface area (Å²) in [5, 5.41) is 5.59. The summed E-state index contributed by atoms with van der Waals surface area (Å²) >= 11 is 0. The van der Waals surface area contributed by atoms with Crippen LogP contribution in [0.5, 0.6) is 0 Å². The maximum absolute atomic E-state index is 12.3. The number of esters is 2. The van der Waals surface area contributed by atoms with Gasteiger partial charge in [-0.2, -0.15) is 0 Å². The first-order valence-electron chi connectivity index (χ1n) is 8.00. The van der Waals surface area contributed by atoms with Gasteiger partial charge < -0.3 is 14.8 Å². The Hall–Kier alpha value is -1.63. The third kappa shape index (κ3) is 8.54. The first kappa shape index (κ1) is 21.4. The van der Waals surface area contributed by atoms with Gasteiger partial charge in [0.05, 0.1) is 19.8 Å². The van der Waals surface area contributed by atoms with E-state index in [0.717, 1.165) is 0 Å². The summed E-state index contributed by atoms with van der Waals surface area (Å²) in [4.78, 5) is 35.5. The Labute approximate surface area is 138 Å². The van der Waals surface area contributed by atoms with Crippen LogP contribution in [-0.4, -0.2) is 50.2 Å².